The zero-order chi connectivity index (χ0) is 18.4. The van der Waals surface area contributed by atoms with Gasteiger partial charge in [0.25, 0.3) is 6.20 Å². The van der Waals surface area contributed by atoms with Crippen LogP contribution in [-0.2, 0) is 9.59 Å². The minimum Gasteiger partial charge on any atom is -0.299 e. The van der Waals surface area contributed by atoms with E-state index in [-0.39, 0.29) is 16.9 Å². The standard InChI is InChI=1S/C17H27N5O3S/c1-14(23)26-12-11-20-7-9-21(10-8-20)22-13-16(25-19-22)18-17(24)15-5-3-2-4-6-15/h13,15H,2-12H2,1H3/p+1. The van der Waals surface area contributed by atoms with Gasteiger partial charge in [-0.1, -0.05) is 31.0 Å². The molecule has 9 heteroatoms. The molecule has 0 unspecified atom stereocenters. The number of nitrogens with zero attached hydrogens (tertiary/aromatic N) is 4. The Morgan fingerprint density at radius 2 is 2.00 bits per heavy atom. The number of hydrogen-bond acceptors (Lipinski definition) is 7. The van der Waals surface area contributed by atoms with E-state index in [4.69, 9.17) is 4.52 Å². The number of carbonyl (C=O) groups excluding carboxylic acids is 2. The molecule has 1 aromatic rings. The van der Waals surface area contributed by atoms with Crippen LogP contribution in [0.1, 0.15) is 39.0 Å². The van der Waals surface area contributed by atoms with Crippen molar-refractivity contribution in [3.8, 4) is 0 Å². The maximum Gasteiger partial charge on any atom is 0.305 e. The summed E-state index contributed by atoms with van der Waals surface area (Å²) in [5, 5.41) is 9.15. The van der Waals surface area contributed by atoms with Crippen LogP contribution in [0.5, 0.6) is 0 Å². The third-order valence-electron chi connectivity index (χ3n) is 5.03. The van der Waals surface area contributed by atoms with E-state index in [0.717, 1.165) is 64.2 Å². The van der Waals surface area contributed by atoms with Gasteiger partial charge >= 0.3 is 5.88 Å². The molecule has 1 saturated heterocycles. The number of carbonyl (C=O) groups is 2. The van der Waals surface area contributed by atoms with E-state index < -0.39 is 0 Å². The Kier molecular flexibility index (Phi) is 6.90. The SMILES string of the molecule is CC(=O)SCCN1CCN([n+]2cc(NC(=O)C3CCCCC3)on2)CC1. The second kappa shape index (κ2) is 9.36. The third kappa shape index (κ3) is 5.44. The number of thioether (sulfide) groups is 1. The molecule has 2 heterocycles. The molecule has 0 aromatic carbocycles. The van der Waals surface area contributed by atoms with Crippen LogP contribution in [0.2, 0.25) is 0 Å². The van der Waals surface area contributed by atoms with Crippen LogP contribution in [0.3, 0.4) is 0 Å². The van der Waals surface area contributed by atoms with Gasteiger partial charge in [0.2, 0.25) is 11.2 Å². The Morgan fingerprint density at radius 3 is 2.69 bits per heavy atom. The molecule has 8 nitrogen and oxygen atoms in total. The van der Waals surface area contributed by atoms with Crippen LogP contribution >= 0.6 is 11.8 Å². The lowest BCUT2D eigenvalue weighted by Crippen LogP contribution is -2.65. The van der Waals surface area contributed by atoms with Gasteiger partial charge in [-0.3, -0.25) is 24.3 Å². The van der Waals surface area contributed by atoms with E-state index in [1.54, 1.807) is 17.9 Å². The first-order chi connectivity index (χ1) is 12.6. The van der Waals surface area contributed by atoms with Crippen molar-refractivity contribution in [2.75, 3.05) is 48.8 Å². The molecule has 2 aliphatic rings. The monoisotopic (exact) mass is 382 g/mol. The first kappa shape index (κ1) is 19.2. The van der Waals surface area contributed by atoms with Gasteiger partial charge in [-0.05, 0) is 12.8 Å². The van der Waals surface area contributed by atoms with Crippen LogP contribution in [0.4, 0.5) is 5.88 Å². The zero-order valence-electron chi connectivity index (χ0n) is 15.4. The lowest BCUT2D eigenvalue weighted by atomic mass is 9.89. The average Bonchev–Trinajstić information content (AvgIpc) is 3.11. The Balaban J connectivity index is 1.43. The fourth-order valence-corrected chi connectivity index (χ4v) is 4.14. The molecule has 1 N–H and O–H groups in total. The topological polar surface area (TPSA) is 82.6 Å². The molecule has 0 bridgehead atoms. The van der Waals surface area contributed by atoms with Crippen molar-refractivity contribution in [1.29, 1.82) is 0 Å². The predicted octanol–water partition coefficient (Wildman–Crippen LogP) is 1.01. The van der Waals surface area contributed by atoms with Gasteiger partial charge in [-0.15, -0.1) is 0 Å². The maximum absolute atomic E-state index is 12.3. The number of amides is 1. The second-order valence-corrected chi connectivity index (χ2v) is 8.22. The van der Waals surface area contributed by atoms with Crippen LogP contribution in [0.15, 0.2) is 10.7 Å². The van der Waals surface area contributed by atoms with E-state index in [0.29, 0.717) is 5.88 Å². The van der Waals surface area contributed by atoms with Crippen molar-refractivity contribution >= 4 is 28.7 Å². The summed E-state index contributed by atoms with van der Waals surface area (Å²) < 4.78 is 5.28. The van der Waals surface area contributed by atoms with E-state index in [9.17, 15) is 9.59 Å². The molecule has 1 aliphatic carbocycles. The summed E-state index contributed by atoms with van der Waals surface area (Å²) in [5.74, 6) is 1.38. The third-order valence-corrected chi connectivity index (χ3v) is 5.82. The van der Waals surface area contributed by atoms with Gasteiger partial charge in [0, 0.05) is 38.2 Å². The summed E-state index contributed by atoms with van der Waals surface area (Å²) in [7, 11) is 0. The number of aromatic nitrogens is 2. The normalized spacial score (nSPS) is 19.5. The molecule has 1 aliphatic heterocycles. The lowest BCUT2D eigenvalue weighted by Gasteiger charge is -2.29. The summed E-state index contributed by atoms with van der Waals surface area (Å²) in [6, 6.07) is 0. The number of anilines is 1. The smallest absolute Gasteiger partial charge is 0.299 e. The Bertz CT molecular complexity index is 609. The summed E-state index contributed by atoms with van der Waals surface area (Å²) in [6.07, 6.45) is 7.15. The molecule has 1 aromatic heterocycles. The summed E-state index contributed by atoms with van der Waals surface area (Å²) in [6.45, 7) is 6.03. The van der Waals surface area contributed by atoms with E-state index in [1.165, 1.54) is 18.2 Å². The van der Waals surface area contributed by atoms with Crippen molar-refractivity contribution in [2.45, 2.75) is 39.0 Å². The van der Waals surface area contributed by atoms with Crippen molar-refractivity contribution in [1.82, 2.24) is 10.2 Å². The predicted molar refractivity (Wildman–Crippen MR) is 99.4 cm³/mol. The molecular weight excluding hydrogens is 354 g/mol. The van der Waals surface area contributed by atoms with E-state index >= 15 is 0 Å². The molecule has 0 radical (unpaired) electrons. The Hall–Kier alpha value is -1.61. The zero-order valence-corrected chi connectivity index (χ0v) is 16.2. The van der Waals surface area contributed by atoms with Crippen LogP contribution in [0, 0.1) is 5.92 Å². The highest BCUT2D eigenvalue weighted by Crippen LogP contribution is 2.24. The lowest BCUT2D eigenvalue weighted by molar-refractivity contribution is -0.759. The van der Waals surface area contributed by atoms with Gasteiger partial charge in [-0.25, -0.2) is 0 Å². The van der Waals surface area contributed by atoms with Gasteiger partial charge in [-0.2, -0.15) is 5.01 Å². The molecular formula is C17H28N5O3S+. The molecule has 26 heavy (non-hydrogen) atoms. The average molecular weight is 383 g/mol. The number of rotatable bonds is 6. The first-order valence-corrected chi connectivity index (χ1v) is 10.4. The van der Waals surface area contributed by atoms with Crippen LogP contribution in [-0.4, -0.2) is 59.7 Å². The number of piperazine rings is 1. The second-order valence-electron chi connectivity index (χ2n) is 6.95. The molecule has 1 saturated carbocycles. The van der Waals surface area contributed by atoms with Crippen molar-refractivity contribution < 1.29 is 18.9 Å². The molecule has 3 rings (SSSR count). The van der Waals surface area contributed by atoms with Gasteiger partial charge < -0.3 is 0 Å². The van der Waals surface area contributed by atoms with E-state index in [2.05, 4.69) is 20.5 Å². The van der Waals surface area contributed by atoms with Crippen molar-refractivity contribution in [3.63, 3.8) is 0 Å². The minimum atomic E-state index is 0.0424. The van der Waals surface area contributed by atoms with E-state index in [1.807, 2.05) is 0 Å². The summed E-state index contributed by atoms with van der Waals surface area (Å²) in [5.41, 5.74) is 0. The number of nitrogens with one attached hydrogen (secondary N) is 1. The molecule has 144 valence electrons. The van der Waals surface area contributed by atoms with Crippen molar-refractivity contribution in [2.24, 2.45) is 5.92 Å². The minimum absolute atomic E-state index is 0.0424. The van der Waals surface area contributed by atoms with Crippen LogP contribution in [0.25, 0.3) is 0 Å². The largest absolute Gasteiger partial charge is 0.305 e. The maximum atomic E-state index is 12.3. The molecule has 0 spiro atoms. The quantitative estimate of drug-likeness (QED) is 0.736. The fraction of sp³-hybridized carbons (Fsp3) is 0.765. The van der Waals surface area contributed by atoms with Crippen LogP contribution < -0.4 is 15.1 Å². The highest BCUT2D eigenvalue weighted by Gasteiger charge is 2.28. The Morgan fingerprint density at radius 1 is 1.27 bits per heavy atom. The van der Waals surface area contributed by atoms with Crippen molar-refractivity contribution in [3.05, 3.63) is 6.20 Å². The molecule has 0 atom stereocenters. The number of hydrogen-bond donors (Lipinski definition) is 1. The first-order valence-electron chi connectivity index (χ1n) is 9.42. The Labute approximate surface area is 158 Å². The molecule has 1 amide bonds. The summed E-state index contributed by atoms with van der Waals surface area (Å²) in [4.78, 5) is 27.3. The highest BCUT2D eigenvalue weighted by molar-refractivity contribution is 8.13. The van der Waals surface area contributed by atoms with Gasteiger partial charge in [0.05, 0.1) is 17.9 Å². The molecule has 2 fully saturated rings. The fourth-order valence-electron chi connectivity index (χ4n) is 3.50. The highest BCUT2D eigenvalue weighted by atomic mass is 32.2. The van der Waals surface area contributed by atoms with Gasteiger partial charge in [0.1, 0.15) is 0 Å². The summed E-state index contributed by atoms with van der Waals surface area (Å²) >= 11 is 1.38. The van der Waals surface area contributed by atoms with Gasteiger partial charge in [0.15, 0.2) is 5.12 Å².